The Morgan fingerprint density at radius 2 is 2.38 bits per heavy atom. The van der Waals surface area contributed by atoms with Crippen LogP contribution in [0.3, 0.4) is 0 Å². The number of thiazole rings is 1. The van der Waals surface area contributed by atoms with Crippen molar-refractivity contribution >= 4 is 45.4 Å². The van der Waals surface area contributed by atoms with Gasteiger partial charge < -0.3 is 5.32 Å². The van der Waals surface area contributed by atoms with Crippen LogP contribution in [0.5, 0.6) is 0 Å². The molecular weight excluding hydrogens is 328 g/mol. The van der Waals surface area contributed by atoms with E-state index in [1.807, 2.05) is 25.1 Å². The summed E-state index contributed by atoms with van der Waals surface area (Å²) in [6.45, 7) is 2.58. The Hall–Kier alpha value is -2.52. The second-order valence-electron chi connectivity index (χ2n) is 5.71. The molecule has 1 aromatic heterocycles. The van der Waals surface area contributed by atoms with E-state index in [4.69, 9.17) is 0 Å². The topological polar surface area (TPSA) is 89.9 Å². The van der Waals surface area contributed by atoms with Crippen molar-refractivity contribution in [2.24, 2.45) is 5.10 Å². The number of hydrogen-bond donors (Lipinski definition) is 2. The Bertz CT molecular complexity index is 848. The summed E-state index contributed by atoms with van der Waals surface area (Å²) in [7, 11) is 0. The first-order chi connectivity index (χ1) is 11.6. The summed E-state index contributed by atoms with van der Waals surface area (Å²) in [4.78, 5) is 28.9. The van der Waals surface area contributed by atoms with Crippen molar-refractivity contribution < 1.29 is 9.59 Å². The lowest BCUT2D eigenvalue weighted by Gasteiger charge is -2.29. The predicted octanol–water partition coefficient (Wildman–Crippen LogP) is 0.908. The van der Waals surface area contributed by atoms with E-state index in [1.54, 1.807) is 22.7 Å². The van der Waals surface area contributed by atoms with Crippen LogP contribution in [0.2, 0.25) is 0 Å². The third kappa shape index (κ3) is 2.72. The maximum absolute atomic E-state index is 12.3. The fourth-order valence-corrected chi connectivity index (χ4v) is 3.73. The molecule has 2 aliphatic rings. The molecule has 4 rings (SSSR count). The zero-order valence-corrected chi connectivity index (χ0v) is 13.8. The van der Waals surface area contributed by atoms with Crippen LogP contribution < -0.4 is 10.7 Å². The zero-order chi connectivity index (χ0) is 16.7. The number of hydrazine groups is 1. The molecule has 24 heavy (non-hydrogen) atoms. The van der Waals surface area contributed by atoms with E-state index in [0.717, 1.165) is 21.8 Å². The average Bonchev–Trinajstić information content (AvgIpc) is 3.15. The van der Waals surface area contributed by atoms with Crippen LogP contribution in [0.15, 0.2) is 23.3 Å². The number of benzene rings is 1. The molecule has 3 heterocycles. The van der Waals surface area contributed by atoms with Crippen LogP contribution in [0.1, 0.15) is 11.4 Å². The highest BCUT2D eigenvalue weighted by molar-refractivity contribution is 7.18. The van der Waals surface area contributed by atoms with E-state index in [0.29, 0.717) is 12.1 Å². The van der Waals surface area contributed by atoms with Crippen molar-refractivity contribution in [2.45, 2.75) is 19.4 Å². The molecule has 1 fully saturated rings. The Morgan fingerprint density at radius 1 is 1.50 bits per heavy atom. The molecule has 8 nitrogen and oxygen atoms in total. The van der Waals surface area contributed by atoms with Gasteiger partial charge in [-0.25, -0.2) is 15.4 Å². The molecule has 2 N–H and O–H groups in total. The Balaban J connectivity index is 1.44. The quantitative estimate of drug-likeness (QED) is 0.864. The summed E-state index contributed by atoms with van der Waals surface area (Å²) in [5.41, 5.74) is 4.66. The van der Waals surface area contributed by atoms with Crippen LogP contribution in [0.4, 0.5) is 5.69 Å². The molecule has 2 aliphatic heterocycles. The maximum atomic E-state index is 12.3. The minimum absolute atomic E-state index is 0.0978. The molecule has 0 saturated carbocycles. The lowest BCUT2D eigenvalue weighted by Crippen LogP contribution is -2.51. The van der Waals surface area contributed by atoms with Gasteiger partial charge >= 0.3 is 0 Å². The number of nitrogens with zero attached hydrogens (tertiary/aromatic N) is 4. The number of nitrogens with one attached hydrogen (secondary N) is 2. The van der Waals surface area contributed by atoms with Crippen LogP contribution in [0.25, 0.3) is 10.2 Å². The largest absolute Gasteiger partial charge is 0.324 e. The van der Waals surface area contributed by atoms with Gasteiger partial charge in [0.25, 0.3) is 5.91 Å². The second kappa shape index (κ2) is 5.84. The summed E-state index contributed by atoms with van der Waals surface area (Å²) in [5, 5.41) is 10.8. The Morgan fingerprint density at radius 3 is 3.25 bits per heavy atom. The second-order valence-corrected chi connectivity index (χ2v) is 6.95. The monoisotopic (exact) mass is 344 g/mol. The van der Waals surface area contributed by atoms with Gasteiger partial charge in [0.1, 0.15) is 18.9 Å². The van der Waals surface area contributed by atoms with Crippen molar-refractivity contribution in [3.8, 4) is 0 Å². The van der Waals surface area contributed by atoms with E-state index in [-0.39, 0.29) is 24.4 Å². The van der Waals surface area contributed by atoms with Crippen molar-refractivity contribution in [1.29, 1.82) is 0 Å². The molecule has 0 aliphatic carbocycles. The van der Waals surface area contributed by atoms with Crippen molar-refractivity contribution in [2.75, 3.05) is 18.4 Å². The third-order valence-electron chi connectivity index (χ3n) is 3.98. The smallest absolute Gasteiger partial charge is 0.267 e. The van der Waals surface area contributed by atoms with Crippen molar-refractivity contribution in [1.82, 2.24) is 20.4 Å². The van der Waals surface area contributed by atoms with Gasteiger partial charge in [0.05, 0.1) is 15.2 Å². The Kier molecular flexibility index (Phi) is 3.66. The summed E-state index contributed by atoms with van der Waals surface area (Å²) in [5.74, 6) is -0.438. The fraction of sp³-hybridized carbons (Fsp3) is 0.333. The molecule has 1 unspecified atom stereocenters. The van der Waals surface area contributed by atoms with Crippen LogP contribution in [-0.2, 0) is 9.59 Å². The van der Waals surface area contributed by atoms with Gasteiger partial charge in [-0.2, -0.15) is 5.10 Å². The molecule has 124 valence electrons. The molecular formula is C15H16N6O2S. The number of amides is 2. The standard InChI is InChI=1S/C15H16N6O2S/c1-9-18-11-3-2-10(6-13(11)24-9)19-14(22)7-20-15(23)12-4-5-16-21(12)8-17-20/h2-3,6,8,12,16H,4-5,7H2,1H3,(H,19,22). The number of hydrazone groups is 1. The number of carbonyl (C=O) groups excluding carboxylic acids is 2. The summed E-state index contributed by atoms with van der Waals surface area (Å²) < 4.78 is 1.02. The van der Waals surface area contributed by atoms with Gasteiger partial charge in [-0.1, -0.05) is 0 Å². The van der Waals surface area contributed by atoms with E-state index in [1.165, 1.54) is 5.01 Å². The summed E-state index contributed by atoms with van der Waals surface area (Å²) in [6.07, 6.45) is 2.27. The van der Waals surface area contributed by atoms with Crippen molar-refractivity contribution in [3.63, 3.8) is 0 Å². The maximum Gasteiger partial charge on any atom is 0.267 e. The summed E-state index contributed by atoms with van der Waals surface area (Å²) in [6, 6.07) is 5.30. The van der Waals surface area contributed by atoms with Gasteiger partial charge in [0.2, 0.25) is 5.91 Å². The Labute approximate surface area is 142 Å². The van der Waals surface area contributed by atoms with Gasteiger partial charge in [-0.3, -0.25) is 14.6 Å². The number of aromatic nitrogens is 1. The molecule has 2 amide bonds. The van der Waals surface area contributed by atoms with E-state index in [2.05, 4.69) is 20.8 Å². The van der Waals surface area contributed by atoms with Gasteiger partial charge in [0, 0.05) is 12.2 Å². The number of aryl methyl sites for hydroxylation is 1. The average molecular weight is 344 g/mol. The van der Waals surface area contributed by atoms with E-state index >= 15 is 0 Å². The number of rotatable bonds is 3. The van der Waals surface area contributed by atoms with Gasteiger partial charge in [-0.15, -0.1) is 11.3 Å². The lowest BCUT2D eigenvalue weighted by molar-refractivity contribution is -0.139. The number of carbonyl (C=O) groups is 2. The van der Waals surface area contributed by atoms with E-state index in [9.17, 15) is 9.59 Å². The fourth-order valence-electron chi connectivity index (χ4n) is 2.86. The molecule has 0 spiro atoms. The molecule has 0 radical (unpaired) electrons. The summed E-state index contributed by atoms with van der Waals surface area (Å²) >= 11 is 1.58. The van der Waals surface area contributed by atoms with E-state index < -0.39 is 0 Å². The highest BCUT2D eigenvalue weighted by Crippen LogP contribution is 2.24. The molecule has 1 aromatic carbocycles. The SMILES string of the molecule is Cc1nc2ccc(NC(=O)CN3N=CN4NCCC4C3=O)cc2s1. The first kappa shape index (κ1) is 15.0. The first-order valence-electron chi connectivity index (χ1n) is 7.64. The molecule has 0 bridgehead atoms. The predicted molar refractivity (Wildman–Crippen MR) is 91.4 cm³/mol. The van der Waals surface area contributed by atoms with Crippen LogP contribution >= 0.6 is 11.3 Å². The van der Waals surface area contributed by atoms with Crippen LogP contribution in [-0.4, -0.2) is 52.3 Å². The molecule has 1 saturated heterocycles. The first-order valence-corrected chi connectivity index (χ1v) is 8.46. The number of hydrogen-bond acceptors (Lipinski definition) is 7. The highest BCUT2D eigenvalue weighted by Gasteiger charge is 2.36. The minimum Gasteiger partial charge on any atom is -0.324 e. The van der Waals surface area contributed by atoms with Gasteiger partial charge in [0.15, 0.2) is 0 Å². The molecule has 2 aromatic rings. The molecule has 9 heteroatoms. The third-order valence-corrected chi connectivity index (χ3v) is 4.91. The normalized spacial score (nSPS) is 19.9. The molecule has 1 atom stereocenters. The van der Waals surface area contributed by atoms with Crippen LogP contribution in [0, 0.1) is 6.92 Å². The zero-order valence-electron chi connectivity index (χ0n) is 13.0. The number of fused-ring (bicyclic) bond motifs is 2. The van der Waals surface area contributed by atoms with Crippen molar-refractivity contribution in [3.05, 3.63) is 23.2 Å². The van der Waals surface area contributed by atoms with Gasteiger partial charge in [-0.05, 0) is 31.5 Å². The lowest BCUT2D eigenvalue weighted by atomic mass is 10.2. The minimum atomic E-state index is -0.277. The highest BCUT2D eigenvalue weighted by atomic mass is 32.1. The number of anilines is 1.